The first-order valence-corrected chi connectivity index (χ1v) is 6.64. The van der Waals surface area contributed by atoms with Gasteiger partial charge in [-0.1, -0.05) is 0 Å². The minimum atomic E-state index is 0.886. The Bertz CT molecular complexity index is 502. The third-order valence-electron chi connectivity index (χ3n) is 3.50. The van der Waals surface area contributed by atoms with Crippen LogP contribution in [0, 0.1) is 0 Å². The third-order valence-corrected chi connectivity index (χ3v) is 3.50. The van der Waals surface area contributed by atoms with Crippen LogP contribution in [0.4, 0.5) is 0 Å². The van der Waals surface area contributed by atoms with E-state index in [2.05, 4.69) is 27.0 Å². The van der Waals surface area contributed by atoms with Crippen LogP contribution >= 0.6 is 0 Å². The minimum absolute atomic E-state index is 0.886. The maximum atomic E-state index is 5.35. The van der Waals surface area contributed by atoms with Crippen molar-refractivity contribution < 1.29 is 4.74 Å². The van der Waals surface area contributed by atoms with E-state index in [0.717, 1.165) is 44.9 Å². The van der Waals surface area contributed by atoms with Crippen molar-refractivity contribution >= 4 is 11.0 Å². The molecule has 0 amide bonds. The summed E-state index contributed by atoms with van der Waals surface area (Å²) < 4.78 is 5.35. The van der Waals surface area contributed by atoms with Gasteiger partial charge in [0, 0.05) is 30.9 Å². The molecular formula is C14H19N3O. The summed E-state index contributed by atoms with van der Waals surface area (Å²) in [5.74, 6) is 0. The SMILES string of the molecule is c1cc2cc(CCCN3CCOCC3)cnc2[nH]1. The Hall–Kier alpha value is -1.39. The van der Waals surface area contributed by atoms with Gasteiger partial charge in [-0.05, 0) is 37.1 Å². The van der Waals surface area contributed by atoms with Gasteiger partial charge in [0.25, 0.3) is 0 Å². The van der Waals surface area contributed by atoms with E-state index in [-0.39, 0.29) is 0 Å². The Morgan fingerprint density at radius 3 is 3.11 bits per heavy atom. The molecule has 1 aliphatic heterocycles. The van der Waals surface area contributed by atoms with E-state index in [0.29, 0.717) is 0 Å². The van der Waals surface area contributed by atoms with Crippen LogP contribution in [-0.2, 0) is 11.2 Å². The molecule has 3 heterocycles. The Labute approximate surface area is 107 Å². The van der Waals surface area contributed by atoms with Crippen molar-refractivity contribution in [3.63, 3.8) is 0 Å². The number of ether oxygens (including phenoxy) is 1. The summed E-state index contributed by atoms with van der Waals surface area (Å²) >= 11 is 0. The Morgan fingerprint density at radius 1 is 1.33 bits per heavy atom. The molecule has 2 aromatic rings. The van der Waals surface area contributed by atoms with Gasteiger partial charge in [-0.3, -0.25) is 4.90 Å². The zero-order valence-electron chi connectivity index (χ0n) is 10.6. The molecule has 1 aliphatic rings. The van der Waals surface area contributed by atoms with Gasteiger partial charge < -0.3 is 9.72 Å². The molecule has 0 spiro atoms. The molecule has 1 fully saturated rings. The molecule has 18 heavy (non-hydrogen) atoms. The molecule has 0 saturated carbocycles. The van der Waals surface area contributed by atoms with Gasteiger partial charge in [0.05, 0.1) is 13.2 Å². The molecule has 0 aromatic carbocycles. The number of hydrogen-bond donors (Lipinski definition) is 1. The summed E-state index contributed by atoms with van der Waals surface area (Å²) in [6, 6.07) is 4.31. The van der Waals surface area contributed by atoms with E-state index in [1.807, 2.05) is 12.4 Å². The van der Waals surface area contributed by atoms with Gasteiger partial charge in [-0.2, -0.15) is 0 Å². The fourth-order valence-electron chi connectivity index (χ4n) is 2.45. The number of H-pyrrole nitrogens is 1. The first-order chi connectivity index (χ1) is 8.92. The molecule has 0 bridgehead atoms. The van der Waals surface area contributed by atoms with Crippen LogP contribution in [0.3, 0.4) is 0 Å². The highest BCUT2D eigenvalue weighted by atomic mass is 16.5. The molecular weight excluding hydrogens is 226 g/mol. The molecule has 1 N–H and O–H groups in total. The van der Waals surface area contributed by atoms with Crippen molar-refractivity contribution in [2.24, 2.45) is 0 Å². The maximum absolute atomic E-state index is 5.35. The monoisotopic (exact) mass is 245 g/mol. The van der Waals surface area contributed by atoms with E-state index in [1.54, 1.807) is 0 Å². The van der Waals surface area contributed by atoms with Crippen LogP contribution in [0.25, 0.3) is 11.0 Å². The van der Waals surface area contributed by atoms with Crippen molar-refractivity contribution in [3.05, 3.63) is 30.1 Å². The molecule has 1 saturated heterocycles. The van der Waals surface area contributed by atoms with Crippen LogP contribution in [0.1, 0.15) is 12.0 Å². The standard InChI is InChI=1S/C14H19N3O/c1(5-17-6-8-18-9-7-17)2-12-10-13-3-4-15-14(13)16-11-12/h3-4,10-11H,1-2,5-9H2,(H,15,16). The fourth-order valence-corrected chi connectivity index (χ4v) is 2.45. The molecule has 0 aliphatic carbocycles. The highest BCUT2D eigenvalue weighted by Gasteiger charge is 2.09. The van der Waals surface area contributed by atoms with E-state index in [9.17, 15) is 0 Å². The third kappa shape index (κ3) is 2.71. The normalized spacial score (nSPS) is 17.3. The number of pyridine rings is 1. The number of hydrogen-bond acceptors (Lipinski definition) is 3. The second-order valence-corrected chi connectivity index (χ2v) is 4.82. The number of aromatic nitrogens is 2. The van der Waals surface area contributed by atoms with Crippen molar-refractivity contribution in [1.29, 1.82) is 0 Å². The zero-order valence-corrected chi connectivity index (χ0v) is 10.6. The van der Waals surface area contributed by atoms with Gasteiger partial charge in [0.1, 0.15) is 5.65 Å². The highest BCUT2D eigenvalue weighted by molar-refractivity contribution is 5.75. The lowest BCUT2D eigenvalue weighted by Crippen LogP contribution is -2.36. The van der Waals surface area contributed by atoms with E-state index < -0.39 is 0 Å². The number of rotatable bonds is 4. The number of aryl methyl sites for hydroxylation is 1. The predicted molar refractivity (Wildman–Crippen MR) is 71.7 cm³/mol. The van der Waals surface area contributed by atoms with E-state index >= 15 is 0 Å². The van der Waals surface area contributed by atoms with Gasteiger partial charge in [-0.15, -0.1) is 0 Å². The van der Waals surface area contributed by atoms with Crippen molar-refractivity contribution in [2.45, 2.75) is 12.8 Å². The molecule has 0 unspecified atom stereocenters. The Kier molecular flexibility index (Phi) is 3.57. The van der Waals surface area contributed by atoms with Crippen LogP contribution < -0.4 is 0 Å². The number of nitrogens with one attached hydrogen (secondary N) is 1. The average Bonchev–Trinajstić information content (AvgIpc) is 2.87. The van der Waals surface area contributed by atoms with Gasteiger partial charge in [0.2, 0.25) is 0 Å². The number of aromatic amines is 1. The number of nitrogens with zero attached hydrogens (tertiary/aromatic N) is 2. The van der Waals surface area contributed by atoms with Crippen LogP contribution in [0.5, 0.6) is 0 Å². The summed E-state index contributed by atoms with van der Waals surface area (Å²) in [6.07, 6.45) is 6.22. The largest absolute Gasteiger partial charge is 0.379 e. The molecule has 96 valence electrons. The Balaban J connectivity index is 1.52. The molecule has 3 rings (SSSR count). The fraction of sp³-hybridized carbons (Fsp3) is 0.500. The maximum Gasteiger partial charge on any atom is 0.137 e. The zero-order chi connectivity index (χ0) is 12.2. The summed E-state index contributed by atoms with van der Waals surface area (Å²) in [5, 5.41) is 1.21. The van der Waals surface area contributed by atoms with Gasteiger partial charge >= 0.3 is 0 Å². The summed E-state index contributed by atoms with van der Waals surface area (Å²) in [5.41, 5.74) is 2.31. The van der Waals surface area contributed by atoms with Crippen molar-refractivity contribution in [1.82, 2.24) is 14.9 Å². The second kappa shape index (κ2) is 5.50. The number of morpholine rings is 1. The van der Waals surface area contributed by atoms with Crippen molar-refractivity contribution in [3.8, 4) is 0 Å². The predicted octanol–water partition coefficient (Wildman–Crippen LogP) is 1.83. The lowest BCUT2D eigenvalue weighted by atomic mass is 10.1. The highest BCUT2D eigenvalue weighted by Crippen LogP contribution is 2.13. The first kappa shape index (κ1) is 11.7. The second-order valence-electron chi connectivity index (χ2n) is 4.82. The van der Waals surface area contributed by atoms with Gasteiger partial charge in [0.15, 0.2) is 0 Å². The Morgan fingerprint density at radius 2 is 2.22 bits per heavy atom. The molecule has 0 radical (unpaired) electrons. The average molecular weight is 245 g/mol. The summed E-state index contributed by atoms with van der Waals surface area (Å²) in [7, 11) is 0. The lowest BCUT2D eigenvalue weighted by molar-refractivity contribution is 0.0374. The summed E-state index contributed by atoms with van der Waals surface area (Å²) in [4.78, 5) is 10.0. The molecule has 4 nitrogen and oxygen atoms in total. The molecule has 2 aromatic heterocycles. The molecule has 0 atom stereocenters. The first-order valence-electron chi connectivity index (χ1n) is 6.64. The topological polar surface area (TPSA) is 41.1 Å². The smallest absolute Gasteiger partial charge is 0.137 e. The van der Waals surface area contributed by atoms with Crippen LogP contribution in [-0.4, -0.2) is 47.7 Å². The molecule has 4 heteroatoms. The van der Waals surface area contributed by atoms with Crippen molar-refractivity contribution in [2.75, 3.05) is 32.8 Å². The van der Waals surface area contributed by atoms with Crippen LogP contribution in [0.15, 0.2) is 24.5 Å². The minimum Gasteiger partial charge on any atom is -0.379 e. The van der Waals surface area contributed by atoms with Crippen LogP contribution in [0.2, 0.25) is 0 Å². The lowest BCUT2D eigenvalue weighted by Gasteiger charge is -2.26. The number of fused-ring (bicyclic) bond motifs is 1. The quantitative estimate of drug-likeness (QED) is 0.893. The van der Waals surface area contributed by atoms with E-state index in [1.165, 1.54) is 17.4 Å². The van der Waals surface area contributed by atoms with E-state index in [4.69, 9.17) is 4.74 Å². The summed E-state index contributed by atoms with van der Waals surface area (Å²) in [6.45, 7) is 5.09. The van der Waals surface area contributed by atoms with Gasteiger partial charge in [-0.25, -0.2) is 4.98 Å².